The SMILES string of the molecule is O=C(O)c1ccc(S(=O)(=O)Nc2cccc(Cl)n2)cc1. The number of sulfonamides is 1. The van der Waals surface area contributed by atoms with Gasteiger partial charge in [0.15, 0.2) is 0 Å². The van der Waals surface area contributed by atoms with Gasteiger partial charge in [-0.05, 0) is 36.4 Å². The van der Waals surface area contributed by atoms with Crippen LogP contribution in [0.25, 0.3) is 0 Å². The minimum Gasteiger partial charge on any atom is -0.478 e. The molecule has 0 aliphatic carbocycles. The van der Waals surface area contributed by atoms with Crippen LogP contribution in [0.3, 0.4) is 0 Å². The van der Waals surface area contributed by atoms with E-state index in [-0.39, 0.29) is 21.4 Å². The van der Waals surface area contributed by atoms with Crippen LogP contribution in [0.4, 0.5) is 5.82 Å². The fraction of sp³-hybridized carbons (Fsp3) is 0. The summed E-state index contributed by atoms with van der Waals surface area (Å²) in [5.74, 6) is -1.04. The normalized spacial score (nSPS) is 11.1. The second-order valence-electron chi connectivity index (χ2n) is 3.78. The molecule has 1 aromatic heterocycles. The van der Waals surface area contributed by atoms with Crippen LogP contribution in [0.15, 0.2) is 47.4 Å². The second kappa shape index (κ2) is 5.48. The van der Waals surface area contributed by atoms with Crippen molar-refractivity contribution in [2.24, 2.45) is 0 Å². The summed E-state index contributed by atoms with van der Waals surface area (Å²) in [5, 5.41) is 8.91. The Balaban J connectivity index is 2.28. The van der Waals surface area contributed by atoms with E-state index in [1.807, 2.05) is 0 Å². The average Bonchev–Trinajstić information content (AvgIpc) is 2.38. The summed E-state index contributed by atoms with van der Waals surface area (Å²) in [6.45, 7) is 0. The smallest absolute Gasteiger partial charge is 0.335 e. The van der Waals surface area contributed by atoms with Gasteiger partial charge in [-0.25, -0.2) is 18.2 Å². The van der Waals surface area contributed by atoms with Crippen molar-refractivity contribution in [1.82, 2.24) is 4.98 Å². The molecule has 0 radical (unpaired) electrons. The standard InChI is InChI=1S/C12H9ClN2O4S/c13-10-2-1-3-11(14-10)15-20(18,19)9-6-4-8(5-7-9)12(16)17/h1-7H,(H,14,15)(H,16,17). The molecule has 2 aromatic rings. The summed E-state index contributed by atoms with van der Waals surface area (Å²) in [6.07, 6.45) is 0. The molecule has 0 bridgehead atoms. The Morgan fingerprint density at radius 1 is 1.15 bits per heavy atom. The molecule has 0 spiro atoms. The number of hydrogen-bond donors (Lipinski definition) is 2. The van der Waals surface area contributed by atoms with E-state index in [1.165, 1.54) is 36.4 Å². The molecule has 0 atom stereocenters. The van der Waals surface area contributed by atoms with Gasteiger partial charge in [0.1, 0.15) is 11.0 Å². The molecule has 2 rings (SSSR count). The van der Waals surface area contributed by atoms with E-state index in [4.69, 9.17) is 16.7 Å². The number of nitrogens with one attached hydrogen (secondary N) is 1. The van der Waals surface area contributed by atoms with Crippen LogP contribution < -0.4 is 4.72 Å². The molecule has 0 fully saturated rings. The predicted octanol–water partition coefficient (Wildman–Crippen LogP) is 2.23. The molecular formula is C12H9ClN2O4S. The highest BCUT2D eigenvalue weighted by Gasteiger charge is 2.15. The molecule has 0 aliphatic heterocycles. The molecule has 1 aromatic carbocycles. The molecule has 104 valence electrons. The number of rotatable bonds is 4. The fourth-order valence-corrected chi connectivity index (χ4v) is 2.60. The quantitative estimate of drug-likeness (QED) is 0.844. The Hall–Kier alpha value is -2.12. The zero-order valence-corrected chi connectivity index (χ0v) is 11.5. The van der Waals surface area contributed by atoms with Crippen LogP contribution in [-0.2, 0) is 10.0 Å². The van der Waals surface area contributed by atoms with Crippen molar-refractivity contribution in [2.45, 2.75) is 4.90 Å². The molecule has 6 nitrogen and oxygen atoms in total. The molecule has 0 saturated carbocycles. The highest BCUT2D eigenvalue weighted by molar-refractivity contribution is 7.92. The van der Waals surface area contributed by atoms with E-state index < -0.39 is 16.0 Å². The maximum Gasteiger partial charge on any atom is 0.335 e. The fourth-order valence-electron chi connectivity index (χ4n) is 1.44. The third-order valence-electron chi connectivity index (χ3n) is 2.37. The zero-order valence-electron chi connectivity index (χ0n) is 9.95. The monoisotopic (exact) mass is 312 g/mol. The van der Waals surface area contributed by atoms with Crippen molar-refractivity contribution in [3.8, 4) is 0 Å². The van der Waals surface area contributed by atoms with Gasteiger partial charge in [-0.15, -0.1) is 0 Å². The van der Waals surface area contributed by atoms with E-state index in [2.05, 4.69) is 9.71 Å². The number of halogens is 1. The maximum absolute atomic E-state index is 12.1. The Morgan fingerprint density at radius 3 is 2.35 bits per heavy atom. The van der Waals surface area contributed by atoms with E-state index >= 15 is 0 Å². The summed E-state index contributed by atoms with van der Waals surface area (Å²) in [5.41, 5.74) is 0.00447. The molecule has 0 aliphatic rings. The number of aromatic carboxylic acids is 1. The lowest BCUT2D eigenvalue weighted by molar-refractivity contribution is 0.0697. The molecule has 0 unspecified atom stereocenters. The summed E-state index contributed by atoms with van der Waals surface area (Å²) in [6, 6.07) is 9.36. The lowest BCUT2D eigenvalue weighted by Crippen LogP contribution is -2.14. The molecular weight excluding hydrogens is 304 g/mol. The van der Waals surface area contributed by atoms with E-state index in [0.717, 1.165) is 0 Å². The first kappa shape index (κ1) is 14.3. The van der Waals surface area contributed by atoms with Gasteiger partial charge in [0.05, 0.1) is 10.5 Å². The van der Waals surface area contributed by atoms with Gasteiger partial charge < -0.3 is 5.11 Å². The summed E-state index contributed by atoms with van der Waals surface area (Å²) >= 11 is 5.66. The van der Waals surface area contributed by atoms with Crippen LogP contribution in [-0.4, -0.2) is 24.5 Å². The minimum absolute atomic E-state index is 0.00447. The highest BCUT2D eigenvalue weighted by atomic mass is 35.5. The zero-order chi connectivity index (χ0) is 14.8. The summed E-state index contributed by atoms with van der Waals surface area (Å²) < 4.78 is 26.4. The summed E-state index contributed by atoms with van der Waals surface area (Å²) in [7, 11) is -3.84. The number of hydrogen-bond acceptors (Lipinski definition) is 4. The van der Waals surface area contributed by atoms with Gasteiger partial charge in [-0.2, -0.15) is 0 Å². The number of carboxylic acid groups (broad SMARTS) is 1. The number of benzene rings is 1. The van der Waals surface area contributed by atoms with Gasteiger partial charge in [0.25, 0.3) is 10.0 Å². The Bertz CT molecular complexity index is 744. The molecule has 0 saturated heterocycles. The van der Waals surface area contributed by atoms with Crippen LogP contribution in [0, 0.1) is 0 Å². The van der Waals surface area contributed by atoms with E-state index in [9.17, 15) is 13.2 Å². The number of pyridine rings is 1. The van der Waals surface area contributed by atoms with Crippen molar-refractivity contribution in [1.29, 1.82) is 0 Å². The van der Waals surface area contributed by atoms with Gasteiger partial charge in [-0.1, -0.05) is 17.7 Å². The van der Waals surface area contributed by atoms with Crippen molar-refractivity contribution in [2.75, 3.05) is 4.72 Å². The van der Waals surface area contributed by atoms with Crippen LogP contribution in [0.1, 0.15) is 10.4 Å². The van der Waals surface area contributed by atoms with Crippen LogP contribution in [0.5, 0.6) is 0 Å². The number of carboxylic acids is 1. The maximum atomic E-state index is 12.1. The van der Waals surface area contributed by atoms with Crippen molar-refractivity contribution >= 4 is 33.4 Å². The first-order valence-electron chi connectivity index (χ1n) is 5.37. The molecule has 2 N–H and O–H groups in total. The van der Waals surface area contributed by atoms with E-state index in [0.29, 0.717) is 0 Å². The molecule has 20 heavy (non-hydrogen) atoms. The molecule has 1 heterocycles. The van der Waals surface area contributed by atoms with Gasteiger partial charge >= 0.3 is 5.97 Å². The third-order valence-corrected chi connectivity index (χ3v) is 3.95. The molecule has 0 amide bonds. The number of carbonyl (C=O) groups is 1. The topological polar surface area (TPSA) is 96.4 Å². The lowest BCUT2D eigenvalue weighted by atomic mass is 10.2. The second-order valence-corrected chi connectivity index (χ2v) is 5.85. The predicted molar refractivity (Wildman–Crippen MR) is 73.5 cm³/mol. The van der Waals surface area contributed by atoms with E-state index in [1.54, 1.807) is 6.07 Å². The lowest BCUT2D eigenvalue weighted by Gasteiger charge is -2.07. The van der Waals surface area contributed by atoms with Crippen molar-refractivity contribution in [3.05, 3.63) is 53.2 Å². The van der Waals surface area contributed by atoms with Crippen LogP contribution in [0.2, 0.25) is 5.15 Å². The number of aromatic nitrogens is 1. The average molecular weight is 313 g/mol. The van der Waals surface area contributed by atoms with Crippen molar-refractivity contribution in [3.63, 3.8) is 0 Å². The van der Waals surface area contributed by atoms with Gasteiger partial charge in [-0.3, -0.25) is 4.72 Å². The first-order chi connectivity index (χ1) is 9.38. The van der Waals surface area contributed by atoms with Crippen LogP contribution >= 0.6 is 11.6 Å². The third kappa shape index (κ3) is 3.25. The molecule has 8 heteroatoms. The van der Waals surface area contributed by atoms with Gasteiger partial charge in [0.2, 0.25) is 0 Å². The minimum atomic E-state index is -3.84. The highest BCUT2D eigenvalue weighted by Crippen LogP contribution is 2.16. The number of nitrogens with zero attached hydrogens (tertiary/aromatic N) is 1. The Kier molecular flexibility index (Phi) is 3.91. The number of anilines is 1. The Morgan fingerprint density at radius 2 is 1.80 bits per heavy atom. The summed E-state index contributed by atoms with van der Waals surface area (Å²) in [4.78, 5) is 14.4. The largest absolute Gasteiger partial charge is 0.478 e. The van der Waals surface area contributed by atoms with Gasteiger partial charge in [0, 0.05) is 0 Å². The Labute approximate surface area is 120 Å². The van der Waals surface area contributed by atoms with Crippen molar-refractivity contribution < 1.29 is 18.3 Å². The first-order valence-corrected chi connectivity index (χ1v) is 7.23.